The van der Waals surface area contributed by atoms with Crippen molar-refractivity contribution in [2.45, 2.75) is 47.9 Å². The lowest BCUT2D eigenvalue weighted by Crippen LogP contribution is -2.46. The fraction of sp³-hybridized carbons (Fsp3) is 0.278. The van der Waals surface area contributed by atoms with Crippen LogP contribution in [0.4, 0.5) is 11.6 Å². The minimum Gasteiger partial charge on any atom is -0.497 e. The molecule has 12 heteroatoms. The molecule has 10 nitrogen and oxygen atoms in total. The van der Waals surface area contributed by atoms with Gasteiger partial charge in [-0.05, 0) is 75.2 Å². The number of nitrogens with one attached hydrogen (secondary N) is 2. The Morgan fingerprint density at radius 2 is 1.04 bits per heavy atom. The van der Waals surface area contributed by atoms with Crippen LogP contribution in [0, 0.1) is 0 Å². The first-order chi connectivity index (χ1) is 23.0. The van der Waals surface area contributed by atoms with Crippen LogP contribution >= 0.6 is 23.5 Å². The summed E-state index contributed by atoms with van der Waals surface area (Å²) >= 11 is 3.10. The highest BCUT2D eigenvalue weighted by molar-refractivity contribution is 8.02. The number of amides is 2. The van der Waals surface area contributed by atoms with Crippen molar-refractivity contribution < 1.29 is 19.1 Å². The van der Waals surface area contributed by atoms with Crippen LogP contribution in [0.1, 0.15) is 38.8 Å². The molecule has 4 unspecified atom stereocenters. The molecule has 0 spiro atoms. The van der Waals surface area contributed by atoms with Gasteiger partial charge in [0.25, 0.3) is 11.8 Å². The fourth-order valence-corrected chi connectivity index (χ4v) is 8.31. The quantitative estimate of drug-likeness (QED) is 0.180. The number of carbonyl (C=O) groups excluding carboxylic acids is 2. The van der Waals surface area contributed by atoms with Crippen LogP contribution in [0.15, 0.2) is 84.9 Å². The van der Waals surface area contributed by atoms with E-state index in [0.717, 1.165) is 33.4 Å². The van der Waals surface area contributed by atoms with Crippen molar-refractivity contribution in [3.8, 4) is 11.5 Å². The van der Waals surface area contributed by atoms with Crippen LogP contribution in [0.25, 0.3) is 22.9 Å². The summed E-state index contributed by atoms with van der Waals surface area (Å²) in [4.78, 5) is 25.5. The third-order valence-electron chi connectivity index (χ3n) is 8.38. The minimum absolute atomic E-state index is 0.0666. The summed E-state index contributed by atoms with van der Waals surface area (Å²) in [6.07, 6.45) is 8.01. The summed E-state index contributed by atoms with van der Waals surface area (Å²) < 4.78 is 10.6. The molecule has 2 N–H and O–H groups in total. The molecule has 0 radical (unpaired) electrons. The van der Waals surface area contributed by atoms with Crippen molar-refractivity contribution in [1.29, 1.82) is 0 Å². The van der Waals surface area contributed by atoms with Gasteiger partial charge in [-0.15, -0.1) is 33.7 Å². The molecule has 3 aromatic carbocycles. The molecule has 2 fully saturated rings. The van der Waals surface area contributed by atoms with E-state index >= 15 is 0 Å². The van der Waals surface area contributed by atoms with E-state index in [9.17, 15) is 9.59 Å². The van der Waals surface area contributed by atoms with Crippen molar-refractivity contribution in [3.63, 3.8) is 0 Å². The molecule has 248 valence electrons. The number of fused-ring (bicyclic) bond motifs is 1. The number of ether oxygens (including phenoxy) is 2. The number of anilines is 2. The molecule has 2 saturated heterocycles. The van der Waals surface area contributed by atoms with E-state index in [4.69, 9.17) is 9.47 Å². The molecule has 0 bridgehead atoms. The number of hydrazine groups is 2. The molecule has 3 heterocycles. The van der Waals surface area contributed by atoms with Crippen molar-refractivity contribution in [2.24, 2.45) is 0 Å². The zero-order valence-electron chi connectivity index (χ0n) is 27.6. The predicted molar refractivity (Wildman–Crippen MR) is 195 cm³/mol. The summed E-state index contributed by atoms with van der Waals surface area (Å²) in [7, 11) is 3.27. The molecule has 0 saturated carbocycles. The maximum absolute atomic E-state index is 13.5. The number of aromatic nitrogens is 2. The highest BCUT2D eigenvalue weighted by Gasteiger charge is 2.47. The first-order valence-corrected chi connectivity index (χ1v) is 17.3. The maximum Gasteiger partial charge on any atom is 0.255 e. The van der Waals surface area contributed by atoms with Crippen LogP contribution in [-0.4, -0.2) is 66.5 Å². The Kier molecular flexibility index (Phi) is 9.30. The highest BCUT2D eigenvalue weighted by Crippen LogP contribution is 2.44. The molecule has 4 atom stereocenters. The molecule has 1 aromatic heterocycles. The third kappa shape index (κ3) is 6.54. The first-order valence-electron chi connectivity index (χ1n) is 15.5. The summed E-state index contributed by atoms with van der Waals surface area (Å²) in [5.41, 5.74) is 8.56. The molecular formula is C36H38N6O4S2. The van der Waals surface area contributed by atoms with E-state index in [2.05, 4.69) is 21.0 Å². The van der Waals surface area contributed by atoms with Gasteiger partial charge in [-0.3, -0.25) is 20.4 Å². The average Bonchev–Trinajstić information content (AvgIpc) is 3.45. The molecular weight excluding hydrogens is 645 g/mol. The Morgan fingerprint density at radius 1 is 0.667 bits per heavy atom. The number of hydrogen-bond acceptors (Lipinski definition) is 10. The smallest absolute Gasteiger partial charge is 0.255 e. The van der Waals surface area contributed by atoms with Gasteiger partial charge in [0.15, 0.2) is 11.6 Å². The van der Waals surface area contributed by atoms with Crippen molar-refractivity contribution >= 4 is 69.9 Å². The second-order valence-corrected chi connectivity index (χ2v) is 15.4. The Bertz CT molecular complexity index is 1750. The van der Waals surface area contributed by atoms with Gasteiger partial charge in [-0.1, -0.05) is 60.7 Å². The summed E-state index contributed by atoms with van der Waals surface area (Å²) in [6.45, 7) is 7.79. The van der Waals surface area contributed by atoms with Gasteiger partial charge >= 0.3 is 0 Å². The SMILES string of the molecule is COc1ccc(/C=C/C2(C)SC(C)C(=O)N2Nc2nnc(NN3C(=O)C(C)SC3(C)/C=C/c3ccc(OC)cc3)c3ccccc23)cc1. The summed E-state index contributed by atoms with van der Waals surface area (Å²) in [6, 6.07) is 23.1. The number of methoxy groups -OCH3 is 2. The van der Waals surface area contributed by atoms with Crippen molar-refractivity contribution in [3.05, 3.63) is 96.1 Å². The predicted octanol–water partition coefficient (Wildman–Crippen LogP) is 7.09. The Balaban J connectivity index is 1.28. The molecule has 2 amide bonds. The van der Waals surface area contributed by atoms with Crippen LogP contribution in [0.5, 0.6) is 11.5 Å². The normalized spacial score (nSPS) is 24.3. The van der Waals surface area contributed by atoms with Crippen LogP contribution in [0.3, 0.4) is 0 Å². The van der Waals surface area contributed by atoms with Crippen molar-refractivity contribution in [2.75, 3.05) is 25.1 Å². The summed E-state index contributed by atoms with van der Waals surface area (Å²) in [5, 5.41) is 13.3. The van der Waals surface area contributed by atoms with Gasteiger partial charge in [0.1, 0.15) is 21.2 Å². The largest absolute Gasteiger partial charge is 0.497 e. The Hall–Kier alpha value is -4.68. The fourth-order valence-electron chi connectivity index (χ4n) is 5.70. The average molecular weight is 683 g/mol. The third-order valence-corrected chi connectivity index (χ3v) is 11.1. The highest BCUT2D eigenvalue weighted by atomic mass is 32.2. The number of hydrogen-bond donors (Lipinski definition) is 2. The zero-order chi connectivity index (χ0) is 34.1. The van der Waals surface area contributed by atoms with Crippen LogP contribution in [-0.2, 0) is 9.59 Å². The lowest BCUT2D eigenvalue weighted by molar-refractivity contribution is -0.130. The van der Waals surface area contributed by atoms with Gasteiger partial charge in [-0.2, -0.15) is 0 Å². The number of benzene rings is 3. The number of rotatable bonds is 10. The minimum atomic E-state index is -0.705. The second-order valence-electron chi connectivity index (χ2n) is 11.9. The molecule has 48 heavy (non-hydrogen) atoms. The lowest BCUT2D eigenvalue weighted by atomic mass is 10.1. The molecule has 4 aromatic rings. The van der Waals surface area contributed by atoms with Crippen molar-refractivity contribution in [1.82, 2.24) is 20.2 Å². The van der Waals surface area contributed by atoms with Gasteiger partial charge in [0, 0.05) is 10.8 Å². The van der Waals surface area contributed by atoms with Gasteiger partial charge < -0.3 is 9.47 Å². The molecule has 2 aliphatic rings. The lowest BCUT2D eigenvalue weighted by Gasteiger charge is -2.33. The van der Waals surface area contributed by atoms with Gasteiger partial charge in [0.05, 0.1) is 24.7 Å². The number of carbonyl (C=O) groups is 2. The standard InChI is InChI=1S/C36H38N6O4S2/c1-23-33(43)41(35(3,47-23)21-19-25-11-15-27(45-5)16-12-25)39-31-29-9-7-8-10-30(29)32(38-37-31)40-42-34(44)24(2)48-36(42,4)22-20-26-13-17-28(46-6)18-14-26/h7-24H,1-6H3,(H,37,39)(H,38,40)/b21-19+,22-20+. The number of thioether (sulfide) groups is 2. The molecule has 0 aliphatic carbocycles. The second kappa shape index (κ2) is 13.4. The maximum atomic E-state index is 13.5. The topological polar surface area (TPSA) is 109 Å². The van der Waals surface area contributed by atoms with E-state index in [1.807, 2.05) is 125 Å². The van der Waals surface area contributed by atoms with Gasteiger partial charge in [0.2, 0.25) is 0 Å². The van der Waals surface area contributed by atoms with E-state index in [0.29, 0.717) is 11.6 Å². The Labute approximate surface area is 288 Å². The molecule has 2 aliphatic heterocycles. The molecule has 6 rings (SSSR count). The zero-order valence-corrected chi connectivity index (χ0v) is 29.3. The van der Waals surface area contributed by atoms with Gasteiger partial charge in [-0.25, -0.2) is 10.0 Å². The van der Waals surface area contributed by atoms with E-state index < -0.39 is 9.74 Å². The summed E-state index contributed by atoms with van der Waals surface area (Å²) in [5.74, 6) is 2.29. The van der Waals surface area contributed by atoms with E-state index in [-0.39, 0.29) is 22.3 Å². The van der Waals surface area contributed by atoms with Crippen LogP contribution < -0.4 is 20.3 Å². The Morgan fingerprint density at radius 3 is 1.40 bits per heavy atom. The first kappa shape index (κ1) is 33.2. The van der Waals surface area contributed by atoms with Crippen LogP contribution in [0.2, 0.25) is 0 Å². The number of nitrogens with zero attached hydrogens (tertiary/aromatic N) is 4. The van der Waals surface area contributed by atoms with E-state index in [1.165, 1.54) is 0 Å². The van der Waals surface area contributed by atoms with E-state index in [1.54, 1.807) is 47.8 Å². The monoisotopic (exact) mass is 682 g/mol.